The Bertz CT molecular complexity index is 978. The van der Waals surface area contributed by atoms with E-state index in [9.17, 15) is 18.0 Å². The van der Waals surface area contributed by atoms with E-state index in [4.69, 9.17) is 4.74 Å². The van der Waals surface area contributed by atoms with E-state index in [2.05, 4.69) is 0 Å². The normalized spacial score (nSPS) is 15.3. The highest BCUT2D eigenvalue weighted by atomic mass is 32.2. The first kappa shape index (κ1) is 21.5. The lowest BCUT2D eigenvalue weighted by atomic mass is 10.2. The van der Waals surface area contributed by atoms with Gasteiger partial charge in [-0.25, -0.2) is 8.42 Å². The lowest BCUT2D eigenvalue weighted by molar-refractivity contribution is -0.151. The number of benzene rings is 1. The van der Waals surface area contributed by atoms with Gasteiger partial charge in [-0.2, -0.15) is 4.31 Å². The summed E-state index contributed by atoms with van der Waals surface area (Å²) in [6.07, 6.45) is 0.146. The van der Waals surface area contributed by atoms with E-state index in [-0.39, 0.29) is 45.1 Å². The molecule has 1 fully saturated rings. The van der Waals surface area contributed by atoms with E-state index in [0.29, 0.717) is 10.5 Å². The lowest BCUT2D eigenvalue weighted by Crippen LogP contribution is -2.51. The van der Waals surface area contributed by atoms with E-state index in [1.807, 2.05) is 30.5 Å². The highest BCUT2D eigenvalue weighted by Crippen LogP contribution is 2.22. The van der Waals surface area contributed by atoms with Crippen molar-refractivity contribution >= 4 is 33.2 Å². The second kappa shape index (κ2) is 9.06. The van der Waals surface area contributed by atoms with Crippen molar-refractivity contribution in [1.29, 1.82) is 0 Å². The molecule has 9 heteroatoms. The van der Waals surface area contributed by atoms with Crippen LogP contribution in [0.3, 0.4) is 0 Å². The predicted molar refractivity (Wildman–Crippen MR) is 110 cm³/mol. The van der Waals surface area contributed by atoms with Crippen LogP contribution in [-0.2, 0) is 30.8 Å². The van der Waals surface area contributed by atoms with Gasteiger partial charge < -0.3 is 9.64 Å². The quantitative estimate of drug-likeness (QED) is 0.647. The number of rotatable bonds is 6. The molecular weight excluding hydrogens is 412 g/mol. The Kier molecular flexibility index (Phi) is 6.71. The molecule has 156 valence electrons. The molecule has 0 atom stereocenters. The third-order valence-electron chi connectivity index (χ3n) is 4.79. The summed E-state index contributed by atoms with van der Waals surface area (Å²) in [6, 6.07) is 8.94. The predicted octanol–water partition coefficient (Wildman–Crippen LogP) is 1.98. The van der Waals surface area contributed by atoms with Crippen molar-refractivity contribution in [2.24, 2.45) is 0 Å². The van der Waals surface area contributed by atoms with Gasteiger partial charge in [0.25, 0.3) is 5.91 Å². The van der Waals surface area contributed by atoms with Gasteiger partial charge in [0.15, 0.2) is 6.61 Å². The molecule has 1 aliphatic heterocycles. The SMILES string of the molecule is Cc1ccc(S(=O)(=O)N2CCN(C(=O)COC(=O)Cc3cccs3)CC2)c(C)c1. The van der Waals surface area contributed by atoms with Gasteiger partial charge in [-0.1, -0.05) is 23.8 Å². The molecule has 29 heavy (non-hydrogen) atoms. The Morgan fingerprint density at radius 3 is 2.45 bits per heavy atom. The zero-order chi connectivity index (χ0) is 21.0. The molecule has 1 saturated heterocycles. The minimum Gasteiger partial charge on any atom is -0.455 e. The number of ether oxygens (including phenoxy) is 1. The number of sulfonamides is 1. The second-order valence-electron chi connectivity index (χ2n) is 6.97. The molecular formula is C20H24N2O5S2. The van der Waals surface area contributed by atoms with Crippen LogP contribution in [0.15, 0.2) is 40.6 Å². The summed E-state index contributed by atoms with van der Waals surface area (Å²) in [4.78, 5) is 26.8. The molecule has 2 aromatic rings. The molecule has 0 aliphatic carbocycles. The minimum atomic E-state index is -3.60. The molecule has 0 saturated carbocycles. The number of amides is 1. The summed E-state index contributed by atoms with van der Waals surface area (Å²) in [5.41, 5.74) is 1.71. The largest absolute Gasteiger partial charge is 0.455 e. The number of hydrogen-bond acceptors (Lipinski definition) is 6. The third-order valence-corrected chi connectivity index (χ3v) is 7.73. The minimum absolute atomic E-state index is 0.146. The fourth-order valence-electron chi connectivity index (χ4n) is 3.25. The zero-order valence-corrected chi connectivity index (χ0v) is 18.1. The van der Waals surface area contributed by atoms with Crippen LogP contribution in [0.2, 0.25) is 0 Å². The van der Waals surface area contributed by atoms with Gasteiger partial charge in [0.05, 0.1) is 11.3 Å². The summed E-state index contributed by atoms with van der Waals surface area (Å²) >= 11 is 1.46. The molecule has 7 nitrogen and oxygen atoms in total. The van der Waals surface area contributed by atoms with Gasteiger partial charge in [-0.3, -0.25) is 9.59 Å². The van der Waals surface area contributed by atoms with E-state index < -0.39 is 16.0 Å². The number of hydrogen-bond donors (Lipinski definition) is 0. The van der Waals surface area contributed by atoms with Crippen molar-refractivity contribution in [3.63, 3.8) is 0 Å². The van der Waals surface area contributed by atoms with Crippen LogP contribution in [0.25, 0.3) is 0 Å². The average molecular weight is 437 g/mol. The standard InChI is InChI=1S/C20H24N2O5S2/c1-15-5-6-18(16(2)12-15)29(25,26)22-9-7-21(8-10-22)19(23)14-27-20(24)13-17-4-3-11-28-17/h3-6,11-12H,7-10,13-14H2,1-2H3. The molecule has 1 aliphatic rings. The first-order chi connectivity index (χ1) is 13.8. The van der Waals surface area contributed by atoms with Crippen LogP contribution in [0, 0.1) is 13.8 Å². The number of carbonyl (C=O) groups excluding carboxylic acids is 2. The van der Waals surface area contributed by atoms with Crippen LogP contribution in [0.4, 0.5) is 0 Å². The van der Waals surface area contributed by atoms with Crippen molar-refractivity contribution in [1.82, 2.24) is 9.21 Å². The number of aryl methyl sites for hydroxylation is 2. The summed E-state index contributed by atoms with van der Waals surface area (Å²) in [5.74, 6) is -0.759. The van der Waals surface area contributed by atoms with Gasteiger partial charge in [-0.05, 0) is 36.9 Å². The van der Waals surface area contributed by atoms with Gasteiger partial charge >= 0.3 is 5.97 Å². The molecule has 0 bridgehead atoms. The molecule has 1 aromatic carbocycles. The van der Waals surface area contributed by atoms with Gasteiger partial charge in [0.1, 0.15) is 0 Å². The van der Waals surface area contributed by atoms with Crippen molar-refractivity contribution in [2.45, 2.75) is 25.2 Å². The molecule has 1 aromatic heterocycles. The fraction of sp³-hybridized carbons (Fsp3) is 0.400. The molecule has 1 amide bonds. The Balaban J connectivity index is 1.51. The average Bonchev–Trinajstić information content (AvgIpc) is 3.19. The highest BCUT2D eigenvalue weighted by Gasteiger charge is 2.31. The zero-order valence-electron chi connectivity index (χ0n) is 16.5. The molecule has 0 radical (unpaired) electrons. The second-order valence-corrected chi connectivity index (χ2v) is 9.91. The summed E-state index contributed by atoms with van der Waals surface area (Å²) < 4.78 is 32.3. The lowest BCUT2D eigenvalue weighted by Gasteiger charge is -2.34. The van der Waals surface area contributed by atoms with Crippen LogP contribution < -0.4 is 0 Å². The van der Waals surface area contributed by atoms with Gasteiger partial charge in [-0.15, -0.1) is 11.3 Å². The van der Waals surface area contributed by atoms with Gasteiger partial charge in [0, 0.05) is 31.1 Å². The monoisotopic (exact) mass is 436 g/mol. The van der Waals surface area contributed by atoms with Crippen LogP contribution in [0.1, 0.15) is 16.0 Å². The van der Waals surface area contributed by atoms with Gasteiger partial charge in [0.2, 0.25) is 10.0 Å². The van der Waals surface area contributed by atoms with Crippen LogP contribution in [0.5, 0.6) is 0 Å². The molecule has 2 heterocycles. The summed E-state index contributed by atoms with van der Waals surface area (Å²) in [6.45, 7) is 4.34. The number of thiophene rings is 1. The summed E-state index contributed by atoms with van der Waals surface area (Å²) in [5, 5.41) is 1.87. The van der Waals surface area contributed by atoms with Crippen molar-refractivity contribution < 1.29 is 22.7 Å². The van der Waals surface area contributed by atoms with Crippen LogP contribution in [-0.4, -0.2) is 62.3 Å². The number of esters is 1. The fourth-order valence-corrected chi connectivity index (χ4v) is 5.56. The van der Waals surface area contributed by atoms with Crippen molar-refractivity contribution in [2.75, 3.05) is 32.8 Å². The molecule has 0 N–H and O–H groups in total. The molecule has 0 spiro atoms. The van der Waals surface area contributed by atoms with Crippen molar-refractivity contribution in [3.8, 4) is 0 Å². The first-order valence-corrected chi connectivity index (χ1v) is 11.6. The van der Waals surface area contributed by atoms with E-state index in [1.54, 1.807) is 19.1 Å². The first-order valence-electron chi connectivity index (χ1n) is 9.30. The van der Waals surface area contributed by atoms with Crippen molar-refractivity contribution in [3.05, 3.63) is 51.7 Å². The Labute approximate surface area is 174 Å². The number of carbonyl (C=O) groups is 2. The van der Waals surface area contributed by atoms with Crippen LogP contribution >= 0.6 is 11.3 Å². The Morgan fingerprint density at radius 1 is 1.10 bits per heavy atom. The number of nitrogens with zero attached hydrogens (tertiary/aromatic N) is 2. The number of piperazine rings is 1. The van der Waals surface area contributed by atoms with E-state index in [0.717, 1.165) is 10.4 Å². The maximum absolute atomic E-state index is 12.9. The highest BCUT2D eigenvalue weighted by molar-refractivity contribution is 7.89. The Morgan fingerprint density at radius 2 is 1.83 bits per heavy atom. The summed E-state index contributed by atoms with van der Waals surface area (Å²) in [7, 11) is -3.60. The maximum atomic E-state index is 12.9. The topological polar surface area (TPSA) is 84.0 Å². The third kappa shape index (κ3) is 5.23. The molecule has 0 unspecified atom stereocenters. The Hall–Kier alpha value is -2.23. The van der Waals surface area contributed by atoms with E-state index in [1.165, 1.54) is 20.5 Å². The van der Waals surface area contributed by atoms with E-state index >= 15 is 0 Å². The maximum Gasteiger partial charge on any atom is 0.311 e. The molecule has 3 rings (SSSR count). The smallest absolute Gasteiger partial charge is 0.311 e.